The Kier molecular flexibility index (Phi) is 4.07. The van der Waals surface area contributed by atoms with Crippen LogP contribution in [0.1, 0.15) is 19.8 Å². The predicted molar refractivity (Wildman–Crippen MR) is 66.7 cm³/mol. The number of hydrogen-bond donors (Lipinski definition) is 2. The van der Waals surface area contributed by atoms with Crippen LogP contribution in [0.25, 0.3) is 0 Å². The summed E-state index contributed by atoms with van der Waals surface area (Å²) in [5, 5.41) is 12.9. The molecule has 2 fully saturated rings. The van der Waals surface area contributed by atoms with E-state index in [9.17, 15) is 13.5 Å². The van der Waals surface area contributed by atoms with E-state index in [0.717, 1.165) is 26.1 Å². The lowest BCUT2D eigenvalue weighted by molar-refractivity contribution is 0.158. The minimum atomic E-state index is -3.04. The van der Waals surface area contributed by atoms with E-state index in [4.69, 9.17) is 0 Å². The summed E-state index contributed by atoms with van der Waals surface area (Å²) in [6.45, 7) is 5.10. The number of nitrogens with one attached hydrogen (secondary N) is 1. The lowest BCUT2D eigenvalue weighted by atomic mass is 10.1. The van der Waals surface area contributed by atoms with Gasteiger partial charge in [-0.3, -0.25) is 4.90 Å². The highest BCUT2D eigenvalue weighted by Gasteiger charge is 2.36. The number of likely N-dealkylation sites (tertiary alicyclic amines) is 1. The fourth-order valence-corrected chi connectivity index (χ4v) is 4.63. The van der Waals surface area contributed by atoms with Gasteiger partial charge in [0.15, 0.2) is 9.84 Å². The first kappa shape index (κ1) is 13.3. The molecule has 0 radical (unpaired) electrons. The van der Waals surface area contributed by atoms with Crippen LogP contribution >= 0.6 is 0 Å². The van der Waals surface area contributed by atoms with Crippen molar-refractivity contribution in [2.75, 3.05) is 31.1 Å². The summed E-state index contributed by atoms with van der Waals surface area (Å²) in [4.78, 5) is 2.41. The minimum absolute atomic E-state index is 0.0764. The number of aliphatic hydroxyl groups excluding tert-OH is 1. The molecule has 2 N–H and O–H groups in total. The summed E-state index contributed by atoms with van der Waals surface area (Å²) in [5.41, 5.74) is 0. The Balaban J connectivity index is 1.82. The van der Waals surface area contributed by atoms with E-state index >= 15 is 0 Å². The molecule has 0 spiro atoms. The molecule has 0 aliphatic carbocycles. The molecule has 0 aromatic rings. The standard InChI is InChI=1S/C11H22N2O3S/c1-2-13-5-3-4-9(13)6-12-10-7-17(15,16)8-11(10)14/h9-12,14H,2-8H2,1H3. The van der Waals surface area contributed by atoms with Gasteiger partial charge in [0.05, 0.1) is 17.6 Å². The van der Waals surface area contributed by atoms with Crippen molar-refractivity contribution in [2.45, 2.75) is 38.0 Å². The van der Waals surface area contributed by atoms with Crippen LogP contribution in [0.4, 0.5) is 0 Å². The van der Waals surface area contributed by atoms with Crippen molar-refractivity contribution in [3.8, 4) is 0 Å². The summed E-state index contributed by atoms with van der Waals surface area (Å²) in [6.07, 6.45) is 1.64. The van der Waals surface area contributed by atoms with Crippen LogP contribution in [0.3, 0.4) is 0 Å². The van der Waals surface area contributed by atoms with Crippen LogP contribution in [0.15, 0.2) is 0 Å². The maximum atomic E-state index is 11.4. The molecular formula is C11H22N2O3S. The number of likely N-dealkylation sites (N-methyl/N-ethyl adjacent to an activating group) is 1. The first-order valence-electron chi connectivity index (χ1n) is 6.38. The van der Waals surface area contributed by atoms with Crippen LogP contribution in [0.2, 0.25) is 0 Å². The third-order valence-electron chi connectivity index (χ3n) is 3.84. The molecule has 0 bridgehead atoms. The van der Waals surface area contributed by atoms with Gasteiger partial charge in [0.2, 0.25) is 0 Å². The van der Waals surface area contributed by atoms with E-state index in [2.05, 4.69) is 17.1 Å². The second-order valence-corrected chi connectivity index (χ2v) is 7.24. The van der Waals surface area contributed by atoms with Crippen molar-refractivity contribution in [1.29, 1.82) is 0 Å². The second-order valence-electron chi connectivity index (χ2n) is 5.08. The van der Waals surface area contributed by atoms with Crippen molar-refractivity contribution < 1.29 is 13.5 Å². The Morgan fingerprint density at radius 1 is 1.41 bits per heavy atom. The Morgan fingerprint density at radius 2 is 2.18 bits per heavy atom. The highest BCUT2D eigenvalue weighted by molar-refractivity contribution is 7.91. The van der Waals surface area contributed by atoms with Gasteiger partial charge in [-0.15, -0.1) is 0 Å². The van der Waals surface area contributed by atoms with E-state index in [-0.39, 0.29) is 17.5 Å². The number of aliphatic hydroxyl groups is 1. The first-order chi connectivity index (χ1) is 8.02. The van der Waals surface area contributed by atoms with Crippen molar-refractivity contribution in [1.82, 2.24) is 10.2 Å². The number of rotatable bonds is 4. The van der Waals surface area contributed by atoms with Crippen molar-refractivity contribution in [2.24, 2.45) is 0 Å². The lowest BCUT2D eigenvalue weighted by Crippen LogP contribution is -2.46. The van der Waals surface area contributed by atoms with Gasteiger partial charge >= 0.3 is 0 Å². The molecule has 100 valence electrons. The average molecular weight is 262 g/mol. The molecule has 6 heteroatoms. The van der Waals surface area contributed by atoms with E-state index in [0.29, 0.717) is 6.04 Å². The largest absolute Gasteiger partial charge is 0.390 e. The number of nitrogens with zero attached hydrogens (tertiary/aromatic N) is 1. The molecular weight excluding hydrogens is 240 g/mol. The van der Waals surface area contributed by atoms with Gasteiger partial charge in [0, 0.05) is 18.6 Å². The Bertz CT molecular complexity index is 358. The molecule has 2 aliphatic heterocycles. The van der Waals surface area contributed by atoms with Crippen LogP contribution in [-0.2, 0) is 9.84 Å². The topological polar surface area (TPSA) is 69.6 Å². The molecule has 0 amide bonds. The van der Waals surface area contributed by atoms with Gasteiger partial charge in [-0.25, -0.2) is 8.42 Å². The molecule has 0 aromatic carbocycles. The van der Waals surface area contributed by atoms with Gasteiger partial charge < -0.3 is 10.4 Å². The first-order valence-corrected chi connectivity index (χ1v) is 8.20. The van der Waals surface area contributed by atoms with Gasteiger partial charge in [-0.1, -0.05) is 6.92 Å². The number of hydrogen-bond acceptors (Lipinski definition) is 5. The third kappa shape index (κ3) is 3.19. The fraction of sp³-hybridized carbons (Fsp3) is 1.00. The van der Waals surface area contributed by atoms with Gasteiger partial charge in [0.25, 0.3) is 0 Å². The van der Waals surface area contributed by atoms with Crippen LogP contribution in [0.5, 0.6) is 0 Å². The Morgan fingerprint density at radius 3 is 2.76 bits per heavy atom. The van der Waals surface area contributed by atoms with E-state index in [1.54, 1.807) is 0 Å². The summed E-state index contributed by atoms with van der Waals surface area (Å²) >= 11 is 0. The van der Waals surface area contributed by atoms with Gasteiger partial charge in [-0.05, 0) is 25.9 Å². The smallest absolute Gasteiger partial charge is 0.154 e. The SMILES string of the molecule is CCN1CCCC1CNC1CS(=O)(=O)CC1O. The second kappa shape index (κ2) is 5.22. The van der Waals surface area contributed by atoms with Crippen molar-refractivity contribution >= 4 is 9.84 Å². The van der Waals surface area contributed by atoms with Crippen LogP contribution < -0.4 is 5.32 Å². The van der Waals surface area contributed by atoms with Crippen LogP contribution in [-0.4, -0.2) is 67.8 Å². The summed E-state index contributed by atoms with van der Waals surface area (Å²) in [5.74, 6) is -0.0141. The maximum Gasteiger partial charge on any atom is 0.154 e. The highest BCUT2D eigenvalue weighted by atomic mass is 32.2. The quantitative estimate of drug-likeness (QED) is 0.695. The van der Waals surface area contributed by atoms with Crippen molar-refractivity contribution in [3.63, 3.8) is 0 Å². The Hall–Kier alpha value is -0.170. The van der Waals surface area contributed by atoms with E-state index in [1.807, 2.05) is 0 Å². The van der Waals surface area contributed by atoms with Gasteiger partial charge in [-0.2, -0.15) is 0 Å². The zero-order chi connectivity index (χ0) is 12.5. The predicted octanol–water partition coefficient (Wildman–Crippen LogP) is -0.782. The monoisotopic (exact) mass is 262 g/mol. The average Bonchev–Trinajstić information content (AvgIpc) is 2.79. The molecule has 17 heavy (non-hydrogen) atoms. The molecule has 0 aromatic heterocycles. The maximum absolute atomic E-state index is 11.4. The van der Waals surface area contributed by atoms with E-state index < -0.39 is 15.9 Å². The highest BCUT2D eigenvalue weighted by Crippen LogP contribution is 2.17. The molecule has 3 unspecified atom stereocenters. The van der Waals surface area contributed by atoms with Gasteiger partial charge in [0.1, 0.15) is 0 Å². The zero-order valence-electron chi connectivity index (χ0n) is 10.3. The van der Waals surface area contributed by atoms with Crippen LogP contribution in [0, 0.1) is 0 Å². The number of sulfone groups is 1. The van der Waals surface area contributed by atoms with E-state index in [1.165, 1.54) is 6.42 Å². The molecule has 3 atom stereocenters. The fourth-order valence-electron chi connectivity index (χ4n) is 2.85. The zero-order valence-corrected chi connectivity index (χ0v) is 11.1. The molecule has 2 heterocycles. The molecule has 5 nitrogen and oxygen atoms in total. The Labute approximate surface area is 103 Å². The molecule has 2 rings (SSSR count). The third-order valence-corrected chi connectivity index (χ3v) is 5.56. The lowest BCUT2D eigenvalue weighted by Gasteiger charge is -2.25. The molecule has 0 saturated carbocycles. The summed E-state index contributed by atoms with van der Waals surface area (Å²) in [7, 11) is -3.04. The summed E-state index contributed by atoms with van der Waals surface area (Å²) < 4.78 is 22.7. The minimum Gasteiger partial charge on any atom is -0.390 e. The normalized spacial score (nSPS) is 37.6. The summed E-state index contributed by atoms with van der Waals surface area (Å²) in [6, 6.07) is 0.217. The molecule has 2 aliphatic rings. The van der Waals surface area contributed by atoms with Crippen molar-refractivity contribution in [3.05, 3.63) is 0 Å². The molecule has 2 saturated heterocycles.